The van der Waals surface area contributed by atoms with Gasteiger partial charge in [-0.05, 0) is 34.2 Å². The second kappa shape index (κ2) is 5.25. The Kier molecular flexibility index (Phi) is 4.91. The van der Waals surface area contributed by atoms with Gasteiger partial charge in [-0.3, -0.25) is 0 Å². The van der Waals surface area contributed by atoms with Crippen molar-refractivity contribution in [2.75, 3.05) is 0 Å². The molecule has 0 aromatic heterocycles. The Morgan fingerprint density at radius 3 is 1.62 bits per heavy atom. The maximum absolute atomic E-state index is 2.65. The third kappa shape index (κ3) is 2.36. The Balaban J connectivity index is 2.73. The summed E-state index contributed by atoms with van der Waals surface area (Å²) in [5, 5.41) is 0. The standard InChI is InChI=1S/C8H26Si5/c1-5-7(3)13(8(4)6-2)11-9-10-12-13/h7-8H,5-6,9-12H2,1-4H3. The van der Waals surface area contributed by atoms with Crippen LogP contribution >= 0.6 is 0 Å². The monoisotopic (exact) mass is 262 g/mol. The van der Waals surface area contributed by atoms with Gasteiger partial charge in [0.2, 0.25) is 0 Å². The second-order valence-corrected chi connectivity index (χ2v) is 51.8. The summed E-state index contributed by atoms with van der Waals surface area (Å²) in [4.78, 5) is 0. The van der Waals surface area contributed by atoms with Crippen molar-refractivity contribution in [2.45, 2.75) is 51.6 Å². The van der Waals surface area contributed by atoms with Crippen molar-refractivity contribution in [3.05, 3.63) is 0 Å². The molecule has 0 saturated carbocycles. The zero-order valence-electron chi connectivity index (χ0n) is 9.90. The molecule has 0 aromatic rings. The normalized spacial score (nSPS) is 40.6. The summed E-state index contributed by atoms with van der Waals surface area (Å²) in [6.07, 6.45) is 3.08. The van der Waals surface area contributed by atoms with E-state index in [2.05, 4.69) is 27.7 Å². The summed E-state index contributed by atoms with van der Waals surface area (Å²) < 4.78 is 0. The van der Waals surface area contributed by atoms with Crippen LogP contribution in [0.4, 0.5) is 0 Å². The van der Waals surface area contributed by atoms with Gasteiger partial charge in [0, 0.05) is 7.11 Å². The Morgan fingerprint density at radius 1 is 0.923 bits per heavy atom. The van der Waals surface area contributed by atoms with E-state index in [0.717, 1.165) is 17.1 Å². The smallest absolute Gasteiger partial charge is 0.0270 e. The number of hydrogen-bond acceptors (Lipinski definition) is 0. The summed E-state index contributed by atoms with van der Waals surface area (Å²) in [5.74, 6) is 0. The van der Waals surface area contributed by atoms with Gasteiger partial charge in [-0.1, -0.05) is 51.6 Å². The lowest BCUT2D eigenvalue weighted by Gasteiger charge is -2.38. The molecule has 2 atom stereocenters. The van der Waals surface area contributed by atoms with Crippen LogP contribution in [0.25, 0.3) is 0 Å². The third-order valence-electron chi connectivity index (χ3n) is 4.72. The lowest BCUT2D eigenvalue weighted by molar-refractivity contribution is 0.788. The summed E-state index contributed by atoms with van der Waals surface area (Å²) in [7, 11) is 2.30. The molecule has 1 rings (SSSR count). The van der Waals surface area contributed by atoms with E-state index in [0.29, 0.717) is 17.1 Å². The Labute approximate surface area is 92.9 Å². The van der Waals surface area contributed by atoms with Crippen LogP contribution in [0.3, 0.4) is 0 Å². The molecule has 1 heterocycles. The highest BCUT2D eigenvalue weighted by Crippen LogP contribution is 2.36. The molecule has 0 N–H and O–H groups in total. The zero-order chi connectivity index (χ0) is 9.90. The molecule has 1 aliphatic rings. The van der Waals surface area contributed by atoms with E-state index in [1.807, 2.05) is 0 Å². The van der Waals surface area contributed by atoms with E-state index in [9.17, 15) is 0 Å². The van der Waals surface area contributed by atoms with Gasteiger partial charge in [0.25, 0.3) is 0 Å². The fourth-order valence-corrected chi connectivity index (χ4v) is 219. The molecule has 0 amide bonds. The Bertz CT molecular complexity index is 143. The average Bonchev–Trinajstić information content (AvgIpc) is 2.65. The summed E-state index contributed by atoms with van der Waals surface area (Å²) >= 11 is 0. The van der Waals surface area contributed by atoms with Gasteiger partial charge in [-0.25, -0.2) is 0 Å². The highest BCUT2D eigenvalue weighted by atomic mass is 30.1. The SMILES string of the molecule is CCC(C)[Si]1(C(C)CC)[SiH2][SiH2][SiH2][SiH2]1. The lowest BCUT2D eigenvalue weighted by Crippen LogP contribution is -2.52. The molecule has 0 aromatic carbocycles. The molecule has 1 aliphatic heterocycles. The number of rotatable bonds is 4. The highest BCUT2D eigenvalue weighted by Gasteiger charge is 2.44. The first-order valence-electron chi connectivity index (χ1n) is 6.17. The largest absolute Gasteiger partial charge is 0.0654 e. The maximum atomic E-state index is 2.65. The van der Waals surface area contributed by atoms with Crippen molar-refractivity contribution in [3.8, 4) is 0 Å². The van der Waals surface area contributed by atoms with Crippen molar-refractivity contribution in [2.24, 2.45) is 0 Å². The lowest BCUT2D eigenvalue weighted by atomic mass is 10.4. The Morgan fingerprint density at radius 2 is 1.31 bits per heavy atom. The molecule has 13 heavy (non-hydrogen) atoms. The molecule has 2 unspecified atom stereocenters. The molecule has 0 radical (unpaired) electrons. The molecule has 0 spiro atoms. The first-order valence-corrected chi connectivity index (χ1v) is 25.0. The fourth-order valence-electron chi connectivity index (χ4n) is 3.32. The molecule has 0 nitrogen and oxygen atoms in total. The first kappa shape index (κ1) is 12.2. The van der Waals surface area contributed by atoms with E-state index in [1.54, 1.807) is 12.8 Å². The van der Waals surface area contributed by atoms with Crippen LogP contribution in [0.15, 0.2) is 0 Å². The molecule has 78 valence electrons. The minimum absolute atomic E-state index is 0.438. The van der Waals surface area contributed by atoms with Gasteiger partial charge in [0.05, 0.1) is 0 Å². The highest BCUT2D eigenvalue weighted by molar-refractivity contribution is 7.86. The summed E-state index contributed by atoms with van der Waals surface area (Å²) in [5.41, 5.74) is 2.53. The molecule has 1 saturated heterocycles. The van der Waals surface area contributed by atoms with Crippen molar-refractivity contribution < 1.29 is 0 Å². The number of hydrogen-bond donors (Lipinski definition) is 0. The molecule has 0 bridgehead atoms. The maximum Gasteiger partial charge on any atom is 0.0270 e. The van der Waals surface area contributed by atoms with Crippen LogP contribution in [0.5, 0.6) is 0 Å². The minimum atomic E-state index is -0.438. The van der Waals surface area contributed by atoms with E-state index >= 15 is 0 Å². The predicted molar refractivity (Wildman–Crippen MR) is 79.4 cm³/mol. The third-order valence-corrected chi connectivity index (χ3v) is 109. The van der Waals surface area contributed by atoms with Crippen LogP contribution in [-0.2, 0) is 0 Å². The molecular weight excluding hydrogens is 237 g/mol. The van der Waals surface area contributed by atoms with Gasteiger partial charge in [0.15, 0.2) is 0 Å². The van der Waals surface area contributed by atoms with Crippen LogP contribution in [0, 0.1) is 0 Å². The second-order valence-electron chi connectivity index (χ2n) is 5.06. The van der Waals surface area contributed by atoms with Crippen molar-refractivity contribution in [1.82, 2.24) is 0 Å². The van der Waals surface area contributed by atoms with E-state index < -0.39 is 7.11 Å². The van der Waals surface area contributed by atoms with Crippen LogP contribution in [0.2, 0.25) is 11.1 Å². The van der Waals surface area contributed by atoms with Gasteiger partial charge in [-0.15, -0.1) is 0 Å². The molecule has 0 aliphatic carbocycles. The van der Waals surface area contributed by atoms with Crippen molar-refractivity contribution in [1.29, 1.82) is 0 Å². The van der Waals surface area contributed by atoms with E-state index in [-0.39, 0.29) is 0 Å². The zero-order valence-corrected chi connectivity index (χ0v) is 16.6. The first-order chi connectivity index (χ1) is 6.17. The Hall–Kier alpha value is 1.08. The topological polar surface area (TPSA) is 0 Å². The quantitative estimate of drug-likeness (QED) is 0.598. The summed E-state index contributed by atoms with van der Waals surface area (Å²) in [6, 6.07) is 0. The van der Waals surface area contributed by atoms with Crippen LogP contribution < -0.4 is 0 Å². The van der Waals surface area contributed by atoms with Crippen LogP contribution in [0.1, 0.15) is 40.5 Å². The van der Waals surface area contributed by atoms with Gasteiger partial charge >= 0.3 is 0 Å². The average molecular weight is 263 g/mol. The predicted octanol–water partition coefficient (Wildman–Crippen LogP) is -0.537. The van der Waals surface area contributed by atoms with Gasteiger partial charge in [-0.2, -0.15) is 0 Å². The van der Waals surface area contributed by atoms with Crippen molar-refractivity contribution in [3.63, 3.8) is 0 Å². The van der Waals surface area contributed by atoms with Gasteiger partial charge in [0.1, 0.15) is 0 Å². The summed E-state index contributed by atoms with van der Waals surface area (Å²) in [6.45, 7) is 10.2. The van der Waals surface area contributed by atoms with Gasteiger partial charge < -0.3 is 0 Å². The van der Waals surface area contributed by atoms with E-state index in [4.69, 9.17) is 0 Å². The fraction of sp³-hybridized carbons (Fsp3) is 1.00. The molecule has 5 heteroatoms. The van der Waals surface area contributed by atoms with Crippen molar-refractivity contribution >= 4 is 41.3 Å². The minimum Gasteiger partial charge on any atom is -0.0654 e. The van der Waals surface area contributed by atoms with E-state index in [1.165, 1.54) is 11.1 Å². The molecule has 1 fully saturated rings. The van der Waals surface area contributed by atoms with Crippen LogP contribution in [-0.4, -0.2) is 41.3 Å². The molecular formula is C8H26Si5.